The van der Waals surface area contributed by atoms with E-state index in [-0.39, 0.29) is 36.8 Å². The van der Waals surface area contributed by atoms with Crippen LogP contribution in [0.25, 0.3) is 11.4 Å². The molecule has 10 nitrogen and oxygen atoms in total. The quantitative estimate of drug-likeness (QED) is 0.428. The van der Waals surface area contributed by atoms with Crippen LogP contribution in [0.2, 0.25) is 0 Å². The van der Waals surface area contributed by atoms with E-state index >= 15 is 0 Å². The molecule has 1 aliphatic heterocycles. The van der Waals surface area contributed by atoms with Gasteiger partial charge in [0.15, 0.2) is 12.0 Å². The Hall–Kier alpha value is -4.14. The number of carbonyl (C=O) groups is 1. The first-order valence-electron chi connectivity index (χ1n) is 12.2. The number of amides is 1. The minimum Gasteiger partial charge on any atom is -0.486 e. The van der Waals surface area contributed by atoms with Crippen molar-refractivity contribution in [2.24, 2.45) is 0 Å². The number of aliphatic hydroxyl groups excluding tert-OH is 1. The molecule has 11 heteroatoms. The highest BCUT2D eigenvalue weighted by molar-refractivity contribution is 5.80. The summed E-state index contributed by atoms with van der Waals surface area (Å²) < 4.78 is 20.6. The van der Waals surface area contributed by atoms with Gasteiger partial charge in [-0.25, -0.2) is 14.4 Å². The third kappa shape index (κ3) is 6.22. The second-order valence-electron chi connectivity index (χ2n) is 9.64. The molecule has 0 aliphatic carbocycles. The zero-order valence-electron chi connectivity index (χ0n) is 21.3. The summed E-state index contributed by atoms with van der Waals surface area (Å²) in [6.45, 7) is 4.80. The molecule has 1 unspecified atom stereocenters. The number of carbonyl (C=O) groups excluding carboxylic acids is 1. The van der Waals surface area contributed by atoms with E-state index in [1.54, 1.807) is 38.1 Å². The molecule has 0 radical (unpaired) electrons. The van der Waals surface area contributed by atoms with Crippen molar-refractivity contribution in [2.75, 3.05) is 18.4 Å². The zero-order chi connectivity index (χ0) is 27.4. The fourth-order valence-electron chi connectivity index (χ4n) is 4.10. The van der Waals surface area contributed by atoms with Crippen molar-refractivity contribution in [3.05, 3.63) is 59.9 Å². The number of alkyl halides is 1. The summed E-state index contributed by atoms with van der Waals surface area (Å²) >= 11 is 0. The summed E-state index contributed by atoms with van der Waals surface area (Å²) in [6.07, 6.45) is -1.93. The Morgan fingerprint density at radius 2 is 2.08 bits per heavy atom. The van der Waals surface area contributed by atoms with Crippen LogP contribution in [0.15, 0.2) is 48.8 Å². The lowest BCUT2D eigenvalue weighted by atomic mass is 9.98. The highest BCUT2D eigenvalue weighted by Crippen LogP contribution is 2.29. The predicted molar refractivity (Wildman–Crippen MR) is 137 cm³/mol. The van der Waals surface area contributed by atoms with Gasteiger partial charge in [-0.05, 0) is 56.7 Å². The third-order valence-corrected chi connectivity index (χ3v) is 6.18. The number of nitrogens with zero attached hydrogens (tertiary/aromatic N) is 5. The molecule has 0 saturated carbocycles. The molecule has 1 fully saturated rings. The fourth-order valence-corrected chi connectivity index (χ4v) is 4.10. The Morgan fingerprint density at radius 3 is 2.76 bits per heavy atom. The SMILES string of the molecule is CC(O)C(=O)N1CC[C@H](Oc2ccc(-c3ncnc(Nc4cccc(C(C)(C)O)c4)n3)cc2C#N)[C@H](F)C1. The number of aliphatic hydroxyl groups is 2. The van der Waals surface area contributed by atoms with Crippen molar-refractivity contribution in [3.8, 4) is 23.2 Å². The minimum atomic E-state index is -1.47. The fraction of sp³-hybridized carbons (Fsp3) is 0.370. The summed E-state index contributed by atoms with van der Waals surface area (Å²) in [5.74, 6) is 0.289. The van der Waals surface area contributed by atoms with Crippen molar-refractivity contribution in [1.29, 1.82) is 5.26 Å². The van der Waals surface area contributed by atoms with E-state index in [2.05, 4.69) is 26.3 Å². The van der Waals surface area contributed by atoms with E-state index < -0.39 is 29.9 Å². The minimum absolute atomic E-state index is 0.185. The molecule has 38 heavy (non-hydrogen) atoms. The van der Waals surface area contributed by atoms with Gasteiger partial charge in [0.05, 0.1) is 17.7 Å². The second kappa shape index (κ2) is 11.1. The third-order valence-electron chi connectivity index (χ3n) is 6.18. The monoisotopic (exact) mass is 520 g/mol. The molecular weight excluding hydrogens is 491 g/mol. The molecule has 1 aromatic heterocycles. The summed E-state index contributed by atoms with van der Waals surface area (Å²) in [4.78, 5) is 26.0. The molecule has 2 aromatic carbocycles. The number of ether oxygens (including phenoxy) is 1. The zero-order valence-corrected chi connectivity index (χ0v) is 21.3. The van der Waals surface area contributed by atoms with Crippen molar-refractivity contribution in [1.82, 2.24) is 19.9 Å². The van der Waals surface area contributed by atoms with Gasteiger partial charge in [-0.2, -0.15) is 10.2 Å². The number of nitriles is 1. The molecule has 3 atom stereocenters. The maximum absolute atomic E-state index is 14.8. The summed E-state index contributed by atoms with van der Waals surface area (Å²) in [5, 5.41) is 32.5. The molecule has 198 valence electrons. The number of rotatable bonds is 7. The van der Waals surface area contributed by atoms with Crippen LogP contribution in [0.3, 0.4) is 0 Å². The summed E-state index contributed by atoms with van der Waals surface area (Å²) in [7, 11) is 0. The van der Waals surface area contributed by atoms with Crippen LogP contribution >= 0.6 is 0 Å². The van der Waals surface area contributed by atoms with Crippen LogP contribution in [0.1, 0.15) is 38.3 Å². The number of benzene rings is 2. The van der Waals surface area contributed by atoms with Crippen molar-refractivity contribution in [3.63, 3.8) is 0 Å². The molecule has 0 bridgehead atoms. The Balaban J connectivity index is 1.49. The summed E-state index contributed by atoms with van der Waals surface area (Å²) in [5.41, 5.74) is 1.13. The van der Waals surface area contributed by atoms with Crippen molar-refractivity contribution >= 4 is 17.5 Å². The van der Waals surface area contributed by atoms with Crippen LogP contribution < -0.4 is 10.1 Å². The standard InChI is InChI=1S/C27H29FN6O4/c1-16(35)25(36)34-10-9-23(21(28)14-34)38-22-8-7-17(11-18(22)13-29)24-30-15-31-26(33-24)32-20-6-4-5-19(12-20)27(2,3)37/h4-8,11-12,15-16,21,23,35,37H,9-10,14H2,1-3H3,(H,30,31,32,33)/t16?,21-,23+/m1/s1. The van der Waals surface area contributed by atoms with E-state index in [4.69, 9.17) is 4.74 Å². The first kappa shape index (κ1) is 26.9. The van der Waals surface area contributed by atoms with E-state index in [0.29, 0.717) is 17.1 Å². The van der Waals surface area contributed by atoms with Crippen LogP contribution in [-0.2, 0) is 10.4 Å². The average molecular weight is 521 g/mol. The van der Waals surface area contributed by atoms with Crippen LogP contribution in [0, 0.1) is 11.3 Å². The Labute approximate surface area is 219 Å². The number of aromatic nitrogens is 3. The van der Waals surface area contributed by atoms with Gasteiger partial charge in [-0.15, -0.1) is 0 Å². The maximum Gasteiger partial charge on any atom is 0.251 e. The highest BCUT2D eigenvalue weighted by atomic mass is 19.1. The normalized spacial score (nSPS) is 18.4. The molecular formula is C27H29FN6O4. The summed E-state index contributed by atoms with van der Waals surface area (Å²) in [6, 6.07) is 14.1. The van der Waals surface area contributed by atoms with Crippen LogP contribution in [0.5, 0.6) is 5.75 Å². The molecule has 1 amide bonds. The van der Waals surface area contributed by atoms with Crippen molar-refractivity contribution < 1.29 is 24.1 Å². The van der Waals surface area contributed by atoms with E-state index in [1.165, 1.54) is 18.2 Å². The van der Waals surface area contributed by atoms with Crippen LogP contribution in [0.4, 0.5) is 16.0 Å². The predicted octanol–water partition coefficient (Wildman–Crippen LogP) is 3.08. The van der Waals surface area contributed by atoms with Gasteiger partial charge in [0, 0.05) is 24.2 Å². The van der Waals surface area contributed by atoms with Gasteiger partial charge >= 0.3 is 0 Å². The average Bonchev–Trinajstić information content (AvgIpc) is 2.89. The molecule has 1 saturated heterocycles. The maximum atomic E-state index is 14.8. The number of piperidine rings is 1. The topological polar surface area (TPSA) is 144 Å². The van der Waals surface area contributed by atoms with E-state index in [9.17, 15) is 24.7 Å². The lowest BCUT2D eigenvalue weighted by Gasteiger charge is -2.35. The Morgan fingerprint density at radius 1 is 1.29 bits per heavy atom. The smallest absolute Gasteiger partial charge is 0.251 e. The van der Waals surface area contributed by atoms with Gasteiger partial charge < -0.3 is 25.2 Å². The van der Waals surface area contributed by atoms with Gasteiger partial charge in [0.1, 0.15) is 30.4 Å². The molecule has 1 aliphatic rings. The Bertz CT molecular complexity index is 1350. The molecule has 4 rings (SSSR count). The molecule has 0 spiro atoms. The number of halogens is 1. The largest absolute Gasteiger partial charge is 0.486 e. The van der Waals surface area contributed by atoms with E-state index in [1.807, 2.05) is 18.2 Å². The number of hydrogen-bond donors (Lipinski definition) is 3. The van der Waals surface area contributed by atoms with Gasteiger partial charge in [-0.3, -0.25) is 4.79 Å². The highest BCUT2D eigenvalue weighted by Gasteiger charge is 2.34. The number of anilines is 2. The van der Waals surface area contributed by atoms with Crippen molar-refractivity contribution in [2.45, 2.75) is 51.2 Å². The van der Waals surface area contributed by atoms with E-state index in [0.717, 1.165) is 5.56 Å². The number of hydrogen-bond acceptors (Lipinski definition) is 9. The van der Waals surface area contributed by atoms with Gasteiger partial charge in [0.25, 0.3) is 5.91 Å². The molecule has 3 N–H and O–H groups in total. The molecule has 2 heterocycles. The van der Waals surface area contributed by atoms with Gasteiger partial charge in [0.2, 0.25) is 5.95 Å². The first-order chi connectivity index (χ1) is 18.0. The number of likely N-dealkylation sites (tertiary alicyclic amines) is 1. The Kier molecular flexibility index (Phi) is 7.85. The lowest BCUT2D eigenvalue weighted by Crippen LogP contribution is -2.51. The number of nitrogens with one attached hydrogen (secondary N) is 1. The van der Waals surface area contributed by atoms with Gasteiger partial charge in [-0.1, -0.05) is 12.1 Å². The second-order valence-corrected chi connectivity index (χ2v) is 9.64. The first-order valence-corrected chi connectivity index (χ1v) is 12.2. The molecule has 3 aromatic rings. The lowest BCUT2D eigenvalue weighted by molar-refractivity contribution is -0.143. The van der Waals surface area contributed by atoms with Crippen LogP contribution in [-0.4, -0.2) is 67.4 Å².